The zero-order chi connectivity index (χ0) is 21.6. The van der Waals surface area contributed by atoms with Crippen LogP contribution in [0.3, 0.4) is 0 Å². The number of carbonyl (C=O) groups excluding carboxylic acids is 1. The van der Waals surface area contributed by atoms with E-state index in [1.165, 1.54) is 12.1 Å². The number of aryl methyl sites for hydroxylation is 1. The van der Waals surface area contributed by atoms with Crippen LogP contribution in [0.5, 0.6) is 11.5 Å². The van der Waals surface area contributed by atoms with Crippen LogP contribution in [0.15, 0.2) is 54.7 Å². The molecule has 2 aliphatic rings. The maximum absolute atomic E-state index is 13.9. The van der Waals surface area contributed by atoms with Crippen LogP contribution in [-0.2, 0) is 12.0 Å². The number of likely N-dealkylation sites (tertiary alicyclic amines) is 1. The first kappa shape index (κ1) is 19.7. The molecule has 1 fully saturated rings. The van der Waals surface area contributed by atoms with Gasteiger partial charge in [-0.1, -0.05) is 13.0 Å². The van der Waals surface area contributed by atoms with Gasteiger partial charge in [-0.25, -0.2) is 4.39 Å². The molecular formula is C25H25FN2O3. The van der Waals surface area contributed by atoms with Gasteiger partial charge in [0.15, 0.2) is 5.60 Å². The SMILES string of the molecule is CCc1ccc(C(=O)N2CCC3(CC2)Oc2cc(F)ccc2-n2cccc23)cc1OC. The summed E-state index contributed by atoms with van der Waals surface area (Å²) in [6.07, 6.45) is 4.12. The third kappa shape index (κ3) is 3.17. The fourth-order valence-electron chi connectivity index (χ4n) is 4.78. The fourth-order valence-corrected chi connectivity index (χ4v) is 4.78. The summed E-state index contributed by atoms with van der Waals surface area (Å²) >= 11 is 0. The van der Waals surface area contributed by atoms with Gasteiger partial charge in [0.05, 0.1) is 18.5 Å². The minimum absolute atomic E-state index is 0.00607. The van der Waals surface area contributed by atoms with Crippen LogP contribution < -0.4 is 9.47 Å². The highest BCUT2D eigenvalue weighted by molar-refractivity contribution is 5.94. The molecule has 2 aliphatic heterocycles. The van der Waals surface area contributed by atoms with Crippen molar-refractivity contribution in [3.05, 3.63) is 77.4 Å². The molecule has 0 aliphatic carbocycles. The highest BCUT2D eigenvalue weighted by Gasteiger charge is 2.44. The lowest BCUT2D eigenvalue weighted by Gasteiger charge is -2.45. The van der Waals surface area contributed by atoms with Crippen molar-refractivity contribution in [2.24, 2.45) is 0 Å². The van der Waals surface area contributed by atoms with Crippen molar-refractivity contribution in [2.45, 2.75) is 31.8 Å². The largest absolute Gasteiger partial charge is 0.496 e. The topological polar surface area (TPSA) is 43.7 Å². The minimum atomic E-state index is -0.565. The number of amides is 1. The van der Waals surface area contributed by atoms with Crippen molar-refractivity contribution < 1.29 is 18.7 Å². The Kier molecular flexibility index (Phi) is 4.73. The number of carbonyl (C=O) groups is 1. The quantitative estimate of drug-likeness (QED) is 0.616. The molecule has 5 nitrogen and oxygen atoms in total. The van der Waals surface area contributed by atoms with Gasteiger partial charge in [0.25, 0.3) is 5.91 Å². The molecule has 5 rings (SSSR count). The molecule has 1 aromatic heterocycles. The molecule has 0 bridgehead atoms. The number of fused-ring (bicyclic) bond motifs is 4. The highest BCUT2D eigenvalue weighted by atomic mass is 19.1. The first-order valence-corrected chi connectivity index (χ1v) is 10.7. The number of rotatable bonds is 3. The molecular weight excluding hydrogens is 395 g/mol. The van der Waals surface area contributed by atoms with Crippen molar-refractivity contribution in [1.29, 1.82) is 0 Å². The summed E-state index contributed by atoms with van der Waals surface area (Å²) < 4.78 is 27.8. The Hall–Kier alpha value is -3.28. The van der Waals surface area contributed by atoms with Crippen molar-refractivity contribution in [3.63, 3.8) is 0 Å². The predicted octanol–water partition coefficient (Wildman–Crippen LogP) is 4.71. The minimum Gasteiger partial charge on any atom is -0.496 e. The number of ether oxygens (including phenoxy) is 2. The molecule has 160 valence electrons. The molecule has 6 heteroatoms. The first-order chi connectivity index (χ1) is 15.0. The molecule has 1 spiro atoms. The lowest BCUT2D eigenvalue weighted by Crippen LogP contribution is -2.50. The Morgan fingerprint density at radius 3 is 2.71 bits per heavy atom. The standard InChI is InChI=1S/C25H25FN2O3/c1-3-17-6-7-18(15-21(17)30-2)24(29)27-13-10-25(11-14-27)23-5-4-12-28(23)20-9-8-19(26)16-22(20)31-25/h4-9,12,15-16H,3,10-11,13-14H2,1-2H3. The molecule has 3 heterocycles. The zero-order valence-corrected chi connectivity index (χ0v) is 17.7. The summed E-state index contributed by atoms with van der Waals surface area (Å²) in [7, 11) is 1.63. The average Bonchev–Trinajstić information content (AvgIpc) is 3.30. The van der Waals surface area contributed by atoms with Crippen LogP contribution in [-0.4, -0.2) is 35.6 Å². The van der Waals surface area contributed by atoms with Gasteiger partial charge >= 0.3 is 0 Å². The number of piperidine rings is 1. The highest BCUT2D eigenvalue weighted by Crippen LogP contribution is 2.45. The molecule has 0 N–H and O–H groups in total. The molecule has 1 saturated heterocycles. The van der Waals surface area contributed by atoms with Gasteiger partial charge in [-0.15, -0.1) is 0 Å². The normalized spacial score (nSPS) is 16.4. The average molecular weight is 420 g/mol. The van der Waals surface area contributed by atoms with Crippen LogP contribution in [0.1, 0.15) is 41.4 Å². The molecule has 0 unspecified atom stereocenters. The Morgan fingerprint density at radius 2 is 1.97 bits per heavy atom. The van der Waals surface area contributed by atoms with Gasteiger partial charge in [-0.05, 0) is 48.4 Å². The summed E-state index contributed by atoms with van der Waals surface area (Å²) in [5, 5.41) is 0. The smallest absolute Gasteiger partial charge is 0.253 e. The lowest BCUT2D eigenvalue weighted by molar-refractivity contribution is -0.00951. The van der Waals surface area contributed by atoms with Crippen molar-refractivity contribution in [3.8, 4) is 17.2 Å². The van der Waals surface area contributed by atoms with Gasteiger partial charge in [0, 0.05) is 43.8 Å². The van der Waals surface area contributed by atoms with Gasteiger partial charge in [-0.2, -0.15) is 0 Å². The summed E-state index contributed by atoms with van der Waals surface area (Å²) in [5.41, 5.74) is 3.04. The second-order valence-electron chi connectivity index (χ2n) is 8.14. The van der Waals surface area contributed by atoms with E-state index in [9.17, 15) is 9.18 Å². The number of halogens is 1. The van der Waals surface area contributed by atoms with Gasteiger partial charge in [0.2, 0.25) is 0 Å². The van der Waals surface area contributed by atoms with E-state index in [2.05, 4.69) is 17.6 Å². The number of nitrogens with zero attached hydrogens (tertiary/aromatic N) is 2. The molecule has 0 saturated carbocycles. The van der Waals surface area contributed by atoms with E-state index in [1.54, 1.807) is 13.2 Å². The van der Waals surface area contributed by atoms with Gasteiger partial charge < -0.3 is 18.9 Å². The van der Waals surface area contributed by atoms with Crippen molar-refractivity contribution >= 4 is 5.91 Å². The first-order valence-electron chi connectivity index (χ1n) is 10.7. The van der Waals surface area contributed by atoms with Crippen molar-refractivity contribution in [2.75, 3.05) is 20.2 Å². The second kappa shape index (κ2) is 7.45. The van der Waals surface area contributed by atoms with Crippen molar-refractivity contribution in [1.82, 2.24) is 9.47 Å². The number of hydrogen-bond acceptors (Lipinski definition) is 3. The van der Waals surface area contributed by atoms with Crippen LogP contribution >= 0.6 is 0 Å². The number of aromatic nitrogens is 1. The second-order valence-corrected chi connectivity index (χ2v) is 8.14. The summed E-state index contributed by atoms with van der Waals surface area (Å²) in [6, 6.07) is 14.3. The van der Waals surface area contributed by atoms with E-state index in [1.807, 2.05) is 35.4 Å². The van der Waals surface area contributed by atoms with E-state index in [0.717, 1.165) is 29.1 Å². The van der Waals surface area contributed by atoms with Crippen LogP contribution in [0.2, 0.25) is 0 Å². The van der Waals surface area contributed by atoms with Crippen LogP contribution in [0.4, 0.5) is 4.39 Å². The Balaban J connectivity index is 1.39. The third-order valence-electron chi connectivity index (χ3n) is 6.48. The summed E-state index contributed by atoms with van der Waals surface area (Å²) in [4.78, 5) is 15.0. The van der Waals surface area contributed by atoms with E-state index in [0.29, 0.717) is 37.2 Å². The van der Waals surface area contributed by atoms with Crippen LogP contribution in [0, 0.1) is 5.82 Å². The maximum atomic E-state index is 13.9. The van der Waals surface area contributed by atoms with Gasteiger partial charge in [0.1, 0.15) is 17.3 Å². The van der Waals surface area contributed by atoms with E-state index < -0.39 is 5.60 Å². The summed E-state index contributed by atoms with van der Waals surface area (Å²) in [5.74, 6) is 0.965. The molecule has 3 aromatic rings. The number of hydrogen-bond donors (Lipinski definition) is 0. The molecule has 1 amide bonds. The van der Waals surface area contributed by atoms with Crippen LogP contribution in [0.25, 0.3) is 5.69 Å². The molecule has 0 atom stereocenters. The number of benzene rings is 2. The Bertz CT molecular complexity index is 1150. The fraction of sp³-hybridized carbons (Fsp3) is 0.320. The predicted molar refractivity (Wildman–Crippen MR) is 116 cm³/mol. The van der Waals surface area contributed by atoms with Gasteiger partial charge in [-0.3, -0.25) is 4.79 Å². The number of methoxy groups -OCH3 is 1. The Labute approximate surface area is 181 Å². The monoisotopic (exact) mass is 420 g/mol. The lowest BCUT2D eigenvalue weighted by atomic mass is 9.86. The Morgan fingerprint density at radius 1 is 1.16 bits per heavy atom. The summed E-state index contributed by atoms with van der Waals surface area (Å²) in [6.45, 7) is 3.19. The maximum Gasteiger partial charge on any atom is 0.253 e. The zero-order valence-electron chi connectivity index (χ0n) is 17.7. The molecule has 0 radical (unpaired) electrons. The molecule has 31 heavy (non-hydrogen) atoms. The van der Waals surface area contributed by atoms with E-state index in [4.69, 9.17) is 9.47 Å². The van der Waals surface area contributed by atoms with E-state index >= 15 is 0 Å². The molecule has 2 aromatic carbocycles. The van der Waals surface area contributed by atoms with E-state index in [-0.39, 0.29) is 11.7 Å². The third-order valence-corrected chi connectivity index (χ3v) is 6.48.